The van der Waals surface area contributed by atoms with E-state index in [4.69, 9.17) is 0 Å². The summed E-state index contributed by atoms with van der Waals surface area (Å²) in [6, 6.07) is 7.86. The van der Waals surface area contributed by atoms with Gasteiger partial charge in [-0.15, -0.1) is 0 Å². The molecule has 0 amide bonds. The third-order valence-corrected chi connectivity index (χ3v) is 4.56. The summed E-state index contributed by atoms with van der Waals surface area (Å²) in [5, 5.41) is 0. The maximum absolute atomic E-state index is 12.5. The lowest BCUT2D eigenvalue weighted by atomic mass is 10.1. The Kier molecular flexibility index (Phi) is 6.06. The van der Waals surface area contributed by atoms with Crippen molar-refractivity contribution in [1.82, 2.24) is 0 Å². The second kappa shape index (κ2) is 7.32. The van der Waals surface area contributed by atoms with Crippen LogP contribution in [0.1, 0.15) is 38.7 Å². The van der Waals surface area contributed by atoms with Crippen molar-refractivity contribution in [3.05, 3.63) is 53.0 Å². The third-order valence-electron chi connectivity index (χ3n) is 2.95. The van der Waals surface area contributed by atoms with Crippen LogP contribution in [-0.4, -0.2) is 4.21 Å². The minimum absolute atomic E-state index is 0.853. The van der Waals surface area contributed by atoms with E-state index in [0.29, 0.717) is 0 Å². The molecule has 0 N–H and O–H groups in total. The smallest absolute Gasteiger partial charge is 0.0848 e. The average Bonchev–Trinajstić information content (AvgIpc) is 2.37. The fourth-order valence-electron chi connectivity index (χ4n) is 1.76. The lowest BCUT2D eigenvalue weighted by molar-refractivity contribution is 0.686. The number of aryl methyl sites for hydroxylation is 1. The minimum Gasteiger partial charge on any atom is -0.249 e. The van der Waals surface area contributed by atoms with Crippen molar-refractivity contribution in [2.75, 3.05) is 0 Å². The van der Waals surface area contributed by atoms with Gasteiger partial charge in [0, 0.05) is 9.80 Å². The van der Waals surface area contributed by atoms with Gasteiger partial charge in [0.15, 0.2) is 0 Å². The molecule has 0 aliphatic carbocycles. The van der Waals surface area contributed by atoms with Gasteiger partial charge in [0.1, 0.15) is 0 Å². The first kappa shape index (κ1) is 14.9. The maximum atomic E-state index is 12.5. The summed E-state index contributed by atoms with van der Waals surface area (Å²) >= 11 is 0. The molecule has 98 valence electrons. The van der Waals surface area contributed by atoms with Crippen molar-refractivity contribution in [3.8, 4) is 0 Å². The van der Waals surface area contributed by atoms with Gasteiger partial charge in [-0.25, -0.2) is 4.21 Å². The molecule has 18 heavy (non-hydrogen) atoms. The van der Waals surface area contributed by atoms with Crippen LogP contribution in [0.25, 0.3) is 0 Å². The maximum Gasteiger partial charge on any atom is 0.0848 e. The van der Waals surface area contributed by atoms with E-state index < -0.39 is 10.8 Å². The molecule has 1 aromatic carbocycles. The van der Waals surface area contributed by atoms with Crippen LogP contribution in [0.15, 0.2) is 52.3 Å². The monoisotopic (exact) mass is 262 g/mol. The van der Waals surface area contributed by atoms with Crippen molar-refractivity contribution < 1.29 is 4.21 Å². The van der Waals surface area contributed by atoms with Gasteiger partial charge in [-0.1, -0.05) is 49.3 Å². The molecule has 0 aromatic heterocycles. The Bertz CT molecular complexity index is 454. The van der Waals surface area contributed by atoms with Gasteiger partial charge in [-0.3, -0.25) is 0 Å². The highest BCUT2D eigenvalue weighted by atomic mass is 32.2. The van der Waals surface area contributed by atoms with E-state index in [-0.39, 0.29) is 0 Å². The second-order valence-electron chi connectivity index (χ2n) is 4.53. The zero-order valence-corrected chi connectivity index (χ0v) is 12.3. The fourth-order valence-corrected chi connectivity index (χ4v) is 2.97. The molecule has 1 nitrogen and oxygen atoms in total. The number of hydrogen-bond donors (Lipinski definition) is 0. The zero-order chi connectivity index (χ0) is 13.5. The fraction of sp³-hybridized carbons (Fsp3) is 0.375. The SMILES string of the molecule is C=C/C(=C(\C)CCCC)S(=O)c1ccc(C)cc1. The predicted octanol–water partition coefficient (Wildman–Crippen LogP) is 4.75. The normalized spacial score (nSPS) is 13.9. The molecular weight excluding hydrogens is 240 g/mol. The Balaban J connectivity index is 2.98. The van der Waals surface area contributed by atoms with Gasteiger partial charge in [0.05, 0.1) is 10.8 Å². The molecule has 1 atom stereocenters. The van der Waals surface area contributed by atoms with E-state index >= 15 is 0 Å². The molecule has 0 radical (unpaired) electrons. The van der Waals surface area contributed by atoms with Crippen LogP contribution in [0.2, 0.25) is 0 Å². The third kappa shape index (κ3) is 3.95. The summed E-state index contributed by atoms with van der Waals surface area (Å²) in [5.74, 6) is 0. The van der Waals surface area contributed by atoms with E-state index in [1.807, 2.05) is 31.2 Å². The molecule has 0 bridgehead atoms. The number of rotatable bonds is 6. The highest BCUT2D eigenvalue weighted by Crippen LogP contribution is 2.22. The largest absolute Gasteiger partial charge is 0.249 e. The summed E-state index contributed by atoms with van der Waals surface area (Å²) in [4.78, 5) is 1.72. The van der Waals surface area contributed by atoms with E-state index in [2.05, 4.69) is 20.4 Å². The van der Waals surface area contributed by atoms with E-state index in [0.717, 1.165) is 29.1 Å². The van der Waals surface area contributed by atoms with Gasteiger partial charge in [-0.2, -0.15) is 0 Å². The Labute approximate surface area is 113 Å². The molecule has 1 rings (SSSR count). The van der Waals surface area contributed by atoms with Crippen LogP contribution in [0.3, 0.4) is 0 Å². The molecule has 0 saturated carbocycles. The Morgan fingerprint density at radius 2 is 1.94 bits per heavy atom. The van der Waals surface area contributed by atoms with Crippen molar-refractivity contribution in [2.24, 2.45) is 0 Å². The quantitative estimate of drug-likeness (QED) is 0.676. The minimum atomic E-state index is -1.10. The van der Waals surface area contributed by atoms with E-state index in [1.54, 1.807) is 6.08 Å². The summed E-state index contributed by atoms with van der Waals surface area (Å²) in [6.45, 7) is 10.1. The Morgan fingerprint density at radius 3 is 2.44 bits per heavy atom. The topological polar surface area (TPSA) is 17.1 Å². The van der Waals surface area contributed by atoms with Crippen LogP contribution in [0.5, 0.6) is 0 Å². The second-order valence-corrected chi connectivity index (χ2v) is 5.98. The summed E-state index contributed by atoms with van der Waals surface area (Å²) in [6.07, 6.45) is 5.02. The van der Waals surface area contributed by atoms with Crippen molar-refractivity contribution in [3.63, 3.8) is 0 Å². The molecule has 0 fully saturated rings. The van der Waals surface area contributed by atoms with Crippen LogP contribution in [0.4, 0.5) is 0 Å². The molecule has 0 aliphatic rings. The number of unbranched alkanes of at least 4 members (excludes halogenated alkanes) is 1. The lowest BCUT2D eigenvalue weighted by Gasteiger charge is -2.08. The van der Waals surface area contributed by atoms with Gasteiger partial charge >= 0.3 is 0 Å². The molecular formula is C16H22OS. The predicted molar refractivity (Wildman–Crippen MR) is 80.0 cm³/mol. The molecule has 0 saturated heterocycles. The first-order chi connectivity index (χ1) is 8.60. The van der Waals surface area contributed by atoms with Crippen molar-refractivity contribution >= 4 is 10.8 Å². The van der Waals surface area contributed by atoms with E-state index in [9.17, 15) is 4.21 Å². The molecule has 2 heteroatoms. The lowest BCUT2D eigenvalue weighted by Crippen LogP contribution is -1.97. The van der Waals surface area contributed by atoms with E-state index in [1.165, 1.54) is 11.1 Å². The van der Waals surface area contributed by atoms with Crippen molar-refractivity contribution in [1.29, 1.82) is 0 Å². The van der Waals surface area contributed by atoms with Crippen LogP contribution in [-0.2, 0) is 10.8 Å². The Morgan fingerprint density at radius 1 is 1.33 bits per heavy atom. The van der Waals surface area contributed by atoms with Gasteiger partial charge < -0.3 is 0 Å². The molecule has 0 aliphatic heterocycles. The summed E-state index contributed by atoms with van der Waals surface area (Å²) in [7, 11) is -1.10. The highest BCUT2D eigenvalue weighted by molar-refractivity contribution is 7.89. The first-order valence-electron chi connectivity index (χ1n) is 6.40. The first-order valence-corrected chi connectivity index (χ1v) is 7.55. The van der Waals surface area contributed by atoms with Gasteiger partial charge in [-0.05, 0) is 38.8 Å². The van der Waals surface area contributed by atoms with Gasteiger partial charge in [0.25, 0.3) is 0 Å². The van der Waals surface area contributed by atoms with Crippen LogP contribution < -0.4 is 0 Å². The molecule has 0 spiro atoms. The molecule has 0 heterocycles. The zero-order valence-electron chi connectivity index (χ0n) is 11.5. The molecule has 1 unspecified atom stereocenters. The average molecular weight is 262 g/mol. The standard InChI is InChI=1S/C16H22OS/c1-5-7-8-14(4)16(6-2)18(17)15-11-9-13(3)10-12-15/h6,9-12H,2,5,7-8H2,1,3-4H3/b16-14-. The number of hydrogen-bond acceptors (Lipinski definition) is 1. The number of allylic oxidation sites excluding steroid dienone is 2. The highest BCUT2D eigenvalue weighted by Gasteiger charge is 2.10. The summed E-state index contributed by atoms with van der Waals surface area (Å²) in [5.41, 5.74) is 2.37. The van der Waals surface area contributed by atoms with Crippen molar-refractivity contribution in [2.45, 2.75) is 44.9 Å². The molecule has 1 aromatic rings. The van der Waals surface area contributed by atoms with Crippen LogP contribution in [0, 0.1) is 6.92 Å². The van der Waals surface area contributed by atoms with Crippen LogP contribution >= 0.6 is 0 Å². The summed E-state index contributed by atoms with van der Waals surface area (Å²) < 4.78 is 12.5. The van der Waals surface area contributed by atoms with Gasteiger partial charge in [0.2, 0.25) is 0 Å². The Hall–Kier alpha value is -1.15. The number of benzene rings is 1.